The van der Waals surface area contributed by atoms with Crippen molar-refractivity contribution in [3.05, 3.63) is 70.8 Å². The lowest BCUT2D eigenvalue weighted by atomic mass is 9.86. The summed E-state index contributed by atoms with van der Waals surface area (Å²) in [6.07, 6.45) is -0.00202. The predicted octanol–water partition coefficient (Wildman–Crippen LogP) is 3.84. The number of fused-ring (bicyclic) bond motifs is 1. The van der Waals surface area contributed by atoms with E-state index in [1.165, 1.54) is 5.56 Å². The van der Waals surface area contributed by atoms with Gasteiger partial charge in [-0.3, -0.25) is 4.90 Å². The molecule has 4 rings (SSSR count). The fourth-order valence-corrected chi connectivity index (χ4v) is 5.88. The van der Waals surface area contributed by atoms with Crippen molar-refractivity contribution in [2.24, 2.45) is 0 Å². The van der Waals surface area contributed by atoms with E-state index < -0.39 is 16.1 Å². The molecule has 0 bridgehead atoms. The Morgan fingerprint density at radius 1 is 1.07 bits per heavy atom. The van der Waals surface area contributed by atoms with Crippen molar-refractivity contribution in [3.8, 4) is 0 Å². The number of esters is 1. The van der Waals surface area contributed by atoms with E-state index >= 15 is 0 Å². The molecule has 0 aromatic heterocycles. The lowest BCUT2D eigenvalue weighted by molar-refractivity contribution is -0.0424. The molecule has 2 aliphatic rings. The standard InChI is InChI=1S/C23H27NO4S/c1-23(2,3)17-10-8-16(9-11-17)14-24(18-12-13-29(26,27)15-18)21-19-6-4-5-7-20(19)22(25)28-21/h4-11,18,21H,12-15H2,1-3H3. The maximum Gasteiger partial charge on any atom is 0.340 e. The molecule has 2 unspecified atom stereocenters. The number of hydrogen-bond donors (Lipinski definition) is 0. The molecule has 2 aromatic carbocycles. The van der Waals surface area contributed by atoms with Crippen LogP contribution < -0.4 is 0 Å². The number of hydrogen-bond acceptors (Lipinski definition) is 5. The minimum Gasteiger partial charge on any atom is -0.438 e. The molecule has 29 heavy (non-hydrogen) atoms. The Labute approximate surface area is 172 Å². The van der Waals surface area contributed by atoms with Gasteiger partial charge in [-0.15, -0.1) is 0 Å². The van der Waals surface area contributed by atoms with E-state index in [1.54, 1.807) is 6.07 Å². The summed E-state index contributed by atoms with van der Waals surface area (Å²) < 4.78 is 30.0. The first-order valence-corrected chi connectivity index (χ1v) is 11.8. The number of rotatable bonds is 4. The molecule has 2 aromatic rings. The van der Waals surface area contributed by atoms with Gasteiger partial charge in [0.15, 0.2) is 16.1 Å². The van der Waals surface area contributed by atoms with Crippen molar-refractivity contribution >= 4 is 15.8 Å². The van der Waals surface area contributed by atoms with Gasteiger partial charge in [-0.2, -0.15) is 0 Å². The second-order valence-electron chi connectivity index (χ2n) is 9.02. The average Bonchev–Trinajstić information content (AvgIpc) is 3.19. The SMILES string of the molecule is CC(C)(C)c1ccc(CN(C2CCS(=O)(=O)C2)C2OC(=O)c3ccccc32)cc1. The number of carbonyl (C=O) groups excluding carboxylic acids is 1. The Bertz CT molecular complexity index is 1020. The smallest absolute Gasteiger partial charge is 0.340 e. The monoisotopic (exact) mass is 413 g/mol. The molecule has 1 fully saturated rings. The quantitative estimate of drug-likeness (QED) is 0.713. The van der Waals surface area contributed by atoms with Gasteiger partial charge in [0.2, 0.25) is 0 Å². The normalized spacial score (nSPS) is 23.2. The first-order chi connectivity index (χ1) is 13.6. The molecule has 0 radical (unpaired) electrons. The largest absolute Gasteiger partial charge is 0.438 e. The molecular formula is C23H27NO4S. The third-order valence-electron chi connectivity index (χ3n) is 5.83. The molecule has 6 heteroatoms. The lowest BCUT2D eigenvalue weighted by Gasteiger charge is -2.33. The van der Waals surface area contributed by atoms with Crippen LogP contribution in [0.2, 0.25) is 0 Å². The highest BCUT2D eigenvalue weighted by Gasteiger charge is 2.41. The van der Waals surface area contributed by atoms with Crippen molar-refractivity contribution in [3.63, 3.8) is 0 Å². The van der Waals surface area contributed by atoms with Crippen molar-refractivity contribution in [2.45, 2.75) is 51.4 Å². The van der Waals surface area contributed by atoms with Gasteiger partial charge in [0.05, 0.1) is 17.1 Å². The Morgan fingerprint density at radius 3 is 2.38 bits per heavy atom. The Hall–Kier alpha value is -2.18. The van der Waals surface area contributed by atoms with Gasteiger partial charge in [0, 0.05) is 18.2 Å². The molecule has 0 spiro atoms. The van der Waals surface area contributed by atoms with Gasteiger partial charge in [0.1, 0.15) is 0 Å². The average molecular weight is 414 g/mol. The van der Waals surface area contributed by atoms with E-state index in [0.717, 1.165) is 11.1 Å². The molecule has 0 N–H and O–H groups in total. The molecule has 2 atom stereocenters. The van der Waals surface area contributed by atoms with Crippen LogP contribution in [-0.2, 0) is 26.5 Å². The number of nitrogens with zero attached hydrogens (tertiary/aromatic N) is 1. The van der Waals surface area contributed by atoms with Crippen molar-refractivity contribution in [1.29, 1.82) is 0 Å². The second kappa shape index (κ2) is 7.26. The van der Waals surface area contributed by atoms with Crippen LogP contribution in [0.15, 0.2) is 48.5 Å². The van der Waals surface area contributed by atoms with Crippen molar-refractivity contribution < 1.29 is 17.9 Å². The molecule has 154 valence electrons. The fraction of sp³-hybridized carbons (Fsp3) is 0.435. The summed E-state index contributed by atoms with van der Waals surface area (Å²) in [6.45, 7) is 7.04. The van der Waals surface area contributed by atoms with Gasteiger partial charge in [-0.1, -0.05) is 63.2 Å². The summed E-state index contributed by atoms with van der Waals surface area (Å²) in [7, 11) is -3.06. The van der Waals surface area contributed by atoms with Crippen LogP contribution in [0.25, 0.3) is 0 Å². The van der Waals surface area contributed by atoms with Crippen LogP contribution >= 0.6 is 0 Å². The summed E-state index contributed by atoms with van der Waals surface area (Å²) in [5.41, 5.74) is 3.76. The third-order valence-corrected chi connectivity index (χ3v) is 7.58. The second-order valence-corrected chi connectivity index (χ2v) is 11.2. The maximum atomic E-state index is 12.4. The summed E-state index contributed by atoms with van der Waals surface area (Å²) >= 11 is 0. The van der Waals surface area contributed by atoms with Gasteiger partial charge < -0.3 is 4.74 Å². The van der Waals surface area contributed by atoms with E-state index in [1.807, 2.05) is 23.1 Å². The number of cyclic esters (lactones) is 1. The zero-order valence-electron chi connectivity index (χ0n) is 17.1. The van der Waals surface area contributed by atoms with E-state index in [9.17, 15) is 13.2 Å². The fourth-order valence-electron chi connectivity index (χ4n) is 4.13. The van der Waals surface area contributed by atoms with Crippen LogP contribution in [0.1, 0.15) is 60.5 Å². The third kappa shape index (κ3) is 4.09. The van der Waals surface area contributed by atoms with Crippen molar-refractivity contribution in [1.82, 2.24) is 4.90 Å². The number of sulfone groups is 1. The van der Waals surface area contributed by atoms with Crippen LogP contribution in [-0.4, -0.2) is 36.8 Å². The molecule has 1 saturated heterocycles. The molecule has 0 aliphatic carbocycles. The maximum absolute atomic E-state index is 12.4. The lowest BCUT2D eigenvalue weighted by Crippen LogP contribution is -2.39. The highest BCUT2D eigenvalue weighted by molar-refractivity contribution is 7.91. The summed E-state index contributed by atoms with van der Waals surface area (Å²) in [5.74, 6) is -0.0672. The Kier molecular flexibility index (Phi) is 5.03. The number of benzene rings is 2. The predicted molar refractivity (Wildman–Crippen MR) is 112 cm³/mol. The minimum absolute atomic E-state index is 0.0671. The number of ether oxygens (including phenoxy) is 1. The summed E-state index contributed by atoms with van der Waals surface area (Å²) in [5, 5.41) is 0. The molecule has 0 saturated carbocycles. The van der Waals surface area contributed by atoms with Crippen LogP contribution in [0.5, 0.6) is 0 Å². The highest BCUT2D eigenvalue weighted by atomic mass is 32.2. The van der Waals surface area contributed by atoms with E-state index in [0.29, 0.717) is 18.5 Å². The van der Waals surface area contributed by atoms with Crippen molar-refractivity contribution in [2.75, 3.05) is 11.5 Å². The minimum atomic E-state index is -3.06. The molecule has 5 nitrogen and oxygen atoms in total. The van der Waals surface area contributed by atoms with E-state index in [4.69, 9.17) is 4.74 Å². The molecule has 2 aliphatic heterocycles. The topological polar surface area (TPSA) is 63.7 Å². The van der Waals surface area contributed by atoms with Gasteiger partial charge in [-0.05, 0) is 29.0 Å². The van der Waals surface area contributed by atoms with Crippen LogP contribution in [0.4, 0.5) is 0 Å². The zero-order valence-corrected chi connectivity index (χ0v) is 17.9. The molecule has 2 heterocycles. The van der Waals surface area contributed by atoms with Gasteiger partial charge in [0.25, 0.3) is 0 Å². The first kappa shape index (κ1) is 20.1. The van der Waals surface area contributed by atoms with Gasteiger partial charge >= 0.3 is 5.97 Å². The van der Waals surface area contributed by atoms with Gasteiger partial charge in [-0.25, -0.2) is 13.2 Å². The molecule has 0 amide bonds. The highest BCUT2D eigenvalue weighted by Crippen LogP contribution is 2.37. The Balaban J connectivity index is 1.66. The first-order valence-electron chi connectivity index (χ1n) is 9.99. The number of carbonyl (C=O) groups is 1. The van der Waals surface area contributed by atoms with E-state index in [-0.39, 0.29) is 28.9 Å². The molecular weight excluding hydrogens is 386 g/mol. The summed E-state index contributed by atoms with van der Waals surface area (Å²) in [6, 6.07) is 15.6. The summed E-state index contributed by atoms with van der Waals surface area (Å²) in [4.78, 5) is 14.4. The van der Waals surface area contributed by atoms with Crippen LogP contribution in [0, 0.1) is 0 Å². The van der Waals surface area contributed by atoms with E-state index in [2.05, 4.69) is 45.0 Å². The van der Waals surface area contributed by atoms with Crippen LogP contribution in [0.3, 0.4) is 0 Å². The Morgan fingerprint density at radius 2 is 1.76 bits per heavy atom. The zero-order chi connectivity index (χ0) is 20.8.